The molecule has 186 valence electrons. The van der Waals surface area contributed by atoms with Crippen molar-refractivity contribution in [2.75, 3.05) is 22.6 Å². The van der Waals surface area contributed by atoms with Gasteiger partial charge in [0.15, 0.2) is 0 Å². The quantitative estimate of drug-likeness (QED) is 0.348. The van der Waals surface area contributed by atoms with Crippen molar-refractivity contribution in [1.29, 1.82) is 0 Å². The molecule has 1 saturated carbocycles. The third-order valence-electron chi connectivity index (χ3n) is 5.87. The van der Waals surface area contributed by atoms with Crippen LogP contribution in [0.2, 0.25) is 0 Å². The summed E-state index contributed by atoms with van der Waals surface area (Å²) >= 11 is 1.49. The van der Waals surface area contributed by atoms with E-state index in [0.717, 1.165) is 23.7 Å². The fourth-order valence-corrected chi connectivity index (χ4v) is 5.46. The topological polar surface area (TPSA) is 95.1 Å². The summed E-state index contributed by atoms with van der Waals surface area (Å²) in [4.78, 5) is 14.2. The molecule has 9 nitrogen and oxygen atoms in total. The highest BCUT2D eigenvalue weighted by molar-refractivity contribution is 7.18. The fourth-order valence-electron chi connectivity index (χ4n) is 4.35. The van der Waals surface area contributed by atoms with Crippen molar-refractivity contribution >= 4 is 44.6 Å². The zero-order valence-corrected chi connectivity index (χ0v) is 22.2. The summed E-state index contributed by atoms with van der Waals surface area (Å²) in [5.74, 6) is 0.508. The second-order valence-electron chi connectivity index (χ2n) is 9.32. The van der Waals surface area contributed by atoms with Crippen LogP contribution < -0.4 is 25.0 Å². The van der Waals surface area contributed by atoms with Gasteiger partial charge in [0.05, 0.1) is 23.6 Å². The van der Waals surface area contributed by atoms with Gasteiger partial charge < -0.3 is 20.3 Å². The van der Waals surface area contributed by atoms with E-state index in [-0.39, 0.29) is 5.91 Å². The molecule has 2 aromatic rings. The van der Waals surface area contributed by atoms with E-state index < -0.39 is 0 Å². The Labute approximate surface area is 206 Å². The number of azo groups is 1. The maximum Gasteiger partial charge on any atom is 0.431 e. The second-order valence-corrected chi connectivity index (χ2v) is 10.3. The standard InChI is InChI=1S/C24H37N7O2S/c1-15(2)31(16(3)4)24-29-30(6)23(34-24)28-27-20-14-22(33-7)21(13-19(20)25-17(5)32)26-18-11-9-8-10-12-18/h13-16,18H,8-12H2,1-7H3,(H,25,26,32)/p+1. The number of aromatic nitrogens is 2. The summed E-state index contributed by atoms with van der Waals surface area (Å²) in [5.41, 5.74) is 1.97. The Morgan fingerprint density at radius 1 is 1.15 bits per heavy atom. The van der Waals surface area contributed by atoms with Crippen molar-refractivity contribution in [3.05, 3.63) is 12.1 Å². The maximum absolute atomic E-state index is 11.9. The Hall–Kier alpha value is -2.75. The van der Waals surface area contributed by atoms with Gasteiger partial charge >= 0.3 is 5.13 Å². The van der Waals surface area contributed by atoms with Gasteiger partial charge in [0.1, 0.15) is 18.5 Å². The van der Waals surface area contributed by atoms with Gasteiger partial charge in [-0.05, 0) is 63.1 Å². The van der Waals surface area contributed by atoms with Gasteiger partial charge in [-0.15, -0.1) is 4.68 Å². The van der Waals surface area contributed by atoms with Crippen LogP contribution in [-0.2, 0) is 11.8 Å². The molecule has 0 saturated heterocycles. The second kappa shape index (κ2) is 11.6. The number of hydrogen-bond acceptors (Lipinski definition) is 8. The van der Waals surface area contributed by atoms with Crippen LogP contribution in [0.1, 0.15) is 66.7 Å². The number of nitrogens with zero attached hydrogens (tertiary/aromatic N) is 5. The van der Waals surface area contributed by atoms with Crippen molar-refractivity contribution in [2.24, 2.45) is 17.3 Å². The Bertz CT molecular complexity index is 1000. The molecular weight excluding hydrogens is 450 g/mol. The molecule has 0 radical (unpaired) electrons. The first-order chi connectivity index (χ1) is 16.2. The molecule has 1 aliphatic carbocycles. The van der Waals surface area contributed by atoms with E-state index in [2.05, 4.69) is 58.6 Å². The Kier molecular flexibility index (Phi) is 8.82. The molecule has 1 aromatic heterocycles. The van der Waals surface area contributed by atoms with E-state index in [0.29, 0.717) is 40.4 Å². The normalized spacial score (nSPS) is 14.7. The van der Waals surface area contributed by atoms with Crippen LogP contribution in [0.15, 0.2) is 22.4 Å². The molecule has 0 bridgehead atoms. The van der Waals surface area contributed by atoms with Crippen LogP contribution in [0.25, 0.3) is 0 Å². The fraction of sp³-hybridized carbons (Fsp3) is 0.625. The molecule has 1 heterocycles. The lowest BCUT2D eigenvalue weighted by Gasteiger charge is -2.28. The minimum Gasteiger partial charge on any atom is -0.495 e. The molecule has 3 rings (SSSR count). The summed E-state index contributed by atoms with van der Waals surface area (Å²) in [6, 6.07) is 4.74. The van der Waals surface area contributed by atoms with Gasteiger partial charge in [-0.1, -0.05) is 24.4 Å². The van der Waals surface area contributed by atoms with Gasteiger partial charge in [-0.25, -0.2) is 0 Å². The highest BCUT2D eigenvalue weighted by Crippen LogP contribution is 2.39. The highest BCUT2D eigenvalue weighted by Gasteiger charge is 2.25. The first-order valence-corrected chi connectivity index (χ1v) is 12.8. The average Bonchev–Trinajstić information content (AvgIpc) is 3.12. The molecule has 0 aliphatic heterocycles. The number of ether oxygens (including phenoxy) is 1. The van der Waals surface area contributed by atoms with E-state index in [1.54, 1.807) is 11.8 Å². The minimum atomic E-state index is -0.166. The smallest absolute Gasteiger partial charge is 0.431 e. The summed E-state index contributed by atoms with van der Waals surface area (Å²) < 4.78 is 7.38. The molecule has 1 aliphatic rings. The third-order valence-corrected chi connectivity index (χ3v) is 6.87. The van der Waals surface area contributed by atoms with Crippen molar-refractivity contribution < 1.29 is 14.2 Å². The lowest BCUT2D eigenvalue weighted by Crippen LogP contribution is -2.39. The third kappa shape index (κ3) is 6.43. The van der Waals surface area contributed by atoms with E-state index in [1.807, 2.05) is 19.2 Å². The predicted molar refractivity (Wildman–Crippen MR) is 138 cm³/mol. The van der Waals surface area contributed by atoms with Crippen molar-refractivity contribution in [2.45, 2.75) is 84.8 Å². The Morgan fingerprint density at radius 2 is 1.82 bits per heavy atom. The van der Waals surface area contributed by atoms with Gasteiger partial charge in [-0.2, -0.15) is 0 Å². The van der Waals surface area contributed by atoms with Gasteiger partial charge in [-0.3, -0.25) is 4.79 Å². The van der Waals surface area contributed by atoms with Crippen LogP contribution >= 0.6 is 11.3 Å². The lowest BCUT2D eigenvalue weighted by molar-refractivity contribution is -0.712. The summed E-state index contributed by atoms with van der Waals surface area (Å²) in [7, 11) is 3.50. The molecule has 10 heteroatoms. The average molecular weight is 489 g/mol. The Morgan fingerprint density at radius 3 is 2.41 bits per heavy atom. The first-order valence-electron chi connectivity index (χ1n) is 12.0. The molecule has 0 atom stereocenters. The maximum atomic E-state index is 11.9. The molecule has 1 amide bonds. The monoisotopic (exact) mass is 488 g/mol. The molecule has 2 N–H and O–H groups in total. The molecule has 34 heavy (non-hydrogen) atoms. The number of nitrogens with one attached hydrogen (secondary N) is 2. The first kappa shape index (κ1) is 25.9. The van der Waals surface area contributed by atoms with Crippen LogP contribution in [0.4, 0.5) is 27.3 Å². The Balaban J connectivity index is 1.93. The number of anilines is 3. The number of benzene rings is 1. The summed E-state index contributed by atoms with van der Waals surface area (Å²) in [6.45, 7) is 10.1. The SMILES string of the molecule is COc1cc(N=Nc2sc(N(C(C)C)C(C)C)n[n+]2C)c(NC(C)=O)cc1NC1CCCCC1. The number of methoxy groups -OCH3 is 1. The minimum absolute atomic E-state index is 0.166. The number of amides is 1. The number of carbonyl (C=O) groups is 1. The van der Waals surface area contributed by atoms with Gasteiger partial charge in [0, 0.05) is 31.1 Å². The predicted octanol–water partition coefficient (Wildman–Crippen LogP) is 5.72. The largest absolute Gasteiger partial charge is 0.495 e. The zero-order chi connectivity index (χ0) is 24.8. The van der Waals surface area contributed by atoms with Crippen LogP contribution in [0, 0.1) is 0 Å². The van der Waals surface area contributed by atoms with Crippen LogP contribution in [0.3, 0.4) is 0 Å². The molecule has 0 unspecified atom stereocenters. The van der Waals surface area contributed by atoms with Crippen molar-refractivity contribution in [1.82, 2.24) is 5.10 Å². The van der Waals surface area contributed by atoms with Crippen LogP contribution in [0.5, 0.6) is 5.75 Å². The number of rotatable bonds is 9. The molecule has 0 spiro atoms. The van der Waals surface area contributed by atoms with E-state index in [1.165, 1.54) is 37.5 Å². The molecule has 1 aromatic carbocycles. The highest BCUT2D eigenvalue weighted by atomic mass is 32.1. The van der Waals surface area contributed by atoms with E-state index in [9.17, 15) is 4.79 Å². The number of hydrogen-bond donors (Lipinski definition) is 2. The summed E-state index contributed by atoms with van der Waals surface area (Å²) in [6.07, 6.45) is 6.00. The number of aryl methyl sites for hydroxylation is 1. The van der Waals surface area contributed by atoms with E-state index in [4.69, 9.17) is 4.74 Å². The summed E-state index contributed by atoms with van der Waals surface area (Å²) in [5, 5.41) is 21.7. The zero-order valence-electron chi connectivity index (χ0n) is 21.4. The van der Waals surface area contributed by atoms with Gasteiger partial charge in [0.25, 0.3) is 0 Å². The van der Waals surface area contributed by atoms with Crippen molar-refractivity contribution in [3.8, 4) is 5.75 Å². The van der Waals surface area contributed by atoms with Crippen LogP contribution in [-0.4, -0.2) is 36.2 Å². The van der Waals surface area contributed by atoms with E-state index >= 15 is 0 Å². The number of carbonyl (C=O) groups excluding carboxylic acids is 1. The lowest BCUT2D eigenvalue weighted by atomic mass is 9.95. The molecular formula is C24H38N7O2S+. The van der Waals surface area contributed by atoms with Gasteiger partial charge in [0.2, 0.25) is 11.0 Å². The molecule has 1 fully saturated rings. The van der Waals surface area contributed by atoms with Crippen molar-refractivity contribution in [3.63, 3.8) is 0 Å².